The first-order chi connectivity index (χ1) is 10.8. The molecule has 0 bridgehead atoms. The lowest BCUT2D eigenvalue weighted by molar-refractivity contribution is -0.144. The number of nitrogens with one attached hydrogen (secondary N) is 1. The summed E-state index contributed by atoms with van der Waals surface area (Å²) in [7, 11) is 1.36. The lowest BCUT2D eigenvalue weighted by Gasteiger charge is -2.18. The number of hydrogen-bond acceptors (Lipinski definition) is 4. The fraction of sp³-hybridized carbons (Fsp3) is 0.462. The van der Waals surface area contributed by atoms with Crippen LogP contribution in [0.25, 0.3) is 10.7 Å². The van der Waals surface area contributed by atoms with Crippen molar-refractivity contribution in [2.75, 3.05) is 13.6 Å². The quantitative estimate of drug-likeness (QED) is 0.799. The third kappa shape index (κ3) is 4.90. The van der Waals surface area contributed by atoms with Crippen molar-refractivity contribution in [3.8, 4) is 10.7 Å². The molecule has 10 heteroatoms. The van der Waals surface area contributed by atoms with Crippen molar-refractivity contribution in [2.45, 2.75) is 25.6 Å². The van der Waals surface area contributed by atoms with Crippen molar-refractivity contribution in [1.29, 1.82) is 0 Å². The van der Waals surface area contributed by atoms with E-state index in [0.29, 0.717) is 10.6 Å². The van der Waals surface area contributed by atoms with Crippen molar-refractivity contribution < 1.29 is 18.0 Å². The molecule has 2 aromatic heterocycles. The van der Waals surface area contributed by atoms with Gasteiger partial charge in [-0.15, -0.1) is 11.3 Å². The number of amides is 1. The molecule has 0 fully saturated rings. The van der Waals surface area contributed by atoms with E-state index in [9.17, 15) is 18.0 Å². The molecule has 2 aromatic rings. The van der Waals surface area contributed by atoms with E-state index in [0.717, 1.165) is 9.78 Å². The number of aromatic amines is 1. The highest BCUT2D eigenvalue weighted by Gasteiger charge is 2.28. The second kappa shape index (κ2) is 7.26. The highest BCUT2D eigenvalue weighted by Crippen LogP contribution is 2.23. The number of H-pyrrole nitrogens is 1. The molecule has 2 heterocycles. The summed E-state index contributed by atoms with van der Waals surface area (Å²) < 4.78 is 38.6. The van der Waals surface area contributed by atoms with Crippen LogP contribution in [0.1, 0.15) is 12.8 Å². The Balaban J connectivity index is 1.97. The molecule has 0 saturated carbocycles. The van der Waals surface area contributed by atoms with Gasteiger partial charge >= 0.3 is 6.18 Å². The van der Waals surface area contributed by atoms with E-state index in [2.05, 4.69) is 10.2 Å². The minimum Gasteiger partial charge on any atom is -0.345 e. The van der Waals surface area contributed by atoms with Crippen LogP contribution >= 0.6 is 23.6 Å². The van der Waals surface area contributed by atoms with Gasteiger partial charge in [0.05, 0.1) is 11.3 Å². The monoisotopic (exact) mass is 364 g/mol. The standard InChI is InChI=1S/C13H15F3N4OS2/c1-19(7-5-13(14,15)16)10(21)4-6-20-11(17-18-12(20)22)9-3-2-8-23-9/h2-3,8H,4-7H2,1H3,(H,18,22). The third-order valence-electron chi connectivity index (χ3n) is 3.21. The lowest BCUT2D eigenvalue weighted by Crippen LogP contribution is -2.31. The molecular formula is C13H15F3N4OS2. The summed E-state index contributed by atoms with van der Waals surface area (Å²) in [5, 5.41) is 8.70. The zero-order valence-electron chi connectivity index (χ0n) is 12.3. The number of carbonyl (C=O) groups excluding carboxylic acids is 1. The van der Waals surface area contributed by atoms with Crippen LogP contribution in [0, 0.1) is 4.77 Å². The molecule has 1 amide bonds. The average molecular weight is 364 g/mol. The first-order valence-corrected chi connectivity index (χ1v) is 8.06. The zero-order chi connectivity index (χ0) is 17.0. The van der Waals surface area contributed by atoms with Crippen LogP contribution in [0.2, 0.25) is 0 Å². The van der Waals surface area contributed by atoms with Gasteiger partial charge in [0.15, 0.2) is 10.6 Å². The van der Waals surface area contributed by atoms with Crippen molar-refractivity contribution >= 4 is 29.5 Å². The largest absolute Gasteiger partial charge is 0.390 e. The molecule has 126 valence electrons. The summed E-state index contributed by atoms with van der Waals surface area (Å²) >= 11 is 6.63. The Kier molecular flexibility index (Phi) is 5.58. The second-order valence-electron chi connectivity index (χ2n) is 4.91. The van der Waals surface area contributed by atoms with Crippen LogP contribution < -0.4 is 0 Å². The Morgan fingerprint density at radius 1 is 1.52 bits per heavy atom. The number of rotatable bonds is 6. The third-order valence-corrected chi connectivity index (χ3v) is 4.38. The minimum atomic E-state index is -4.27. The molecule has 1 N–H and O–H groups in total. The fourth-order valence-electron chi connectivity index (χ4n) is 1.94. The summed E-state index contributed by atoms with van der Waals surface area (Å²) in [6, 6.07) is 3.75. The topological polar surface area (TPSA) is 53.9 Å². The van der Waals surface area contributed by atoms with E-state index < -0.39 is 12.6 Å². The van der Waals surface area contributed by atoms with Gasteiger partial charge in [-0.05, 0) is 23.7 Å². The van der Waals surface area contributed by atoms with Crippen LogP contribution in [0.15, 0.2) is 17.5 Å². The summed E-state index contributed by atoms with van der Waals surface area (Å²) in [6.45, 7) is -0.0886. The van der Waals surface area contributed by atoms with Crippen LogP contribution in [0.3, 0.4) is 0 Å². The van der Waals surface area contributed by atoms with Crippen molar-refractivity contribution in [3.63, 3.8) is 0 Å². The van der Waals surface area contributed by atoms with Crippen molar-refractivity contribution in [3.05, 3.63) is 22.3 Å². The first-order valence-electron chi connectivity index (χ1n) is 6.78. The molecule has 0 aliphatic heterocycles. The lowest BCUT2D eigenvalue weighted by atomic mass is 10.3. The maximum Gasteiger partial charge on any atom is 0.390 e. The number of thiophene rings is 1. The Hall–Kier alpha value is -1.68. The van der Waals surface area contributed by atoms with Gasteiger partial charge in [0.1, 0.15) is 0 Å². The molecule has 2 rings (SSSR count). The first kappa shape index (κ1) is 17.7. The average Bonchev–Trinajstić information content (AvgIpc) is 3.11. The molecule has 0 aliphatic rings. The van der Waals surface area contributed by atoms with Gasteiger partial charge < -0.3 is 4.90 Å². The summed E-state index contributed by atoms with van der Waals surface area (Å²) in [5.74, 6) is 0.255. The van der Waals surface area contributed by atoms with Gasteiger partial charge in [-0.2, -0.15) is 18.3 Å². The van der Waals surface area contributed by atoms with Gasteiger partial charge in [0.2, 0.25) is 5.91 Å². The summed E-state index contributed by atoms with van der Waals surface area (Å²) in [6.07, 6.45) is -5.23. The zero-order valence-corrected chi connectivity index (χ0v) is 13.9. The predicted molar refractivity (Wildman–Crippen MR) is 83.7 cm³/mol. The number of carbonyl (C=O) groups is 1. The van der Waals surface area contributed by atoms with Crippen molar-refractivity contribution in [1.82, 2.24) is 19.7 Å². The number of alkyl halides is 3. The maximum absolute atomic E-state index is 12.2. The van der Waals surface area contributed by atoms with E-state index in [1.807, 2.05) is 17.5 Å². The van der Waals surface area contributed by atoms with E-state index in [1.54, 1.807) is 4.57 Å². The highest BCUT2D eigenvalue weighted by atomic mass is 32.1. The smallest absolute Gasteiger partial charge is 0.345 e. The van der Waals surface area contributed by atoms with Gasteiger partial charge in [-0.1, -0.05) is 6.07 Å². The van der Waals surface area contributed by atoms with Crippen LogP contribution in [-0.4, -0.2) is 45.3 Å². The van der Waals surface area contributed by atoms with E-state index in [1.165, 1.54) is 18.4 Å². The van der Waals surface area contributed by atoms with Gasteiger partial charge in [-0.25, -0.2) is 0 Å². The highest BCUT2D eigenvalue weighted by molar-refractivity contribution is 7.71. The van der Waals surface area contributed by atoms with Crippen LogP contribution in [0.4, 0.5) is 13.2 Å². The van der Waals surface area contributed by atoms with Crippen LogP contribution in [0.5, 0.6) is 0 Å². The normalized spacial score (nSPS) is 11.7. The maximum atomic E-state index is 12.2. The fourth-order valence-corrected chi connectivity index (χ4v) is 2.88. The molecule has 5 nitrogen and oxygen atoms in total. The molecule has 0 spiro atoms. The molecule has 0 saturated heterocycles. The second-order valence-corrected chi connectivity index (χ2v) is 6.25. The molecule has 0 aliphatic carbocycles. The van der Waals surface area contributed by atoms with Crippen molar-refractivity contribution in [2.24, 2.45) is 0 Å². The van der Waals surface area contributed by atoms with E-state index in [4.69, 9.17) is 12.2 Å². The van der Waals surface area contributed by atoms with Gasteiger partial charge in [0.25, 0.3) is 0 Å². The molecule has 0 aromatic carbocycles. The molecule has 0 atom stereocenters. The molecular weight excluding hydrogens is 349 g/mol. The van der Waals surface area contributed by atoms with Gasteiger partial charge in [-0.3, -0.25) is 14.5 Å². The number of halogens is 3. The minimum absolute atomic E-state index is 0.0561. The van der Waals surface area contributed by atoms with E-state index >= 15 is 0 Å². The number of hydrogen-bond donors (Lipinski definition) is 1. The molecule has 0 radical (unpaired) electrons. The SMILES string of the molecule is CN(CCC(F)(F)F)C(=O)CCn1c(-c2cccs2)n[nH]c1=S. The molecule has 23 heavy (non-hydrogen) atoms. The molecule has 0 unspecified atom stereocenters. The Labute approximate surface area is 139 Å². The Morgan fingerprint density at radius 3 is 2.87 bits per heavy atom. The summed E-state index contributed by atoms with van der Waals surface area (Å²) in [4.78, 5) is 13.9. The Bertz CT molecular complexity index is 706. The van der Waals surface area contributed by atoms with E-state index in [-0.39, 0.29) is 25.4 Å². The predicted octanol–water partition coefficient (Wildman–Crippen LogP) is 3.47. The van der Waals surface area contributed by atoms with Crippen LogP contribution in [-0.2, 0) is 11.3 Å². The number of nitrogens with zero attached hydrogens (tertiary/aromatic N) is 3. The Morgan fingerprint density at radius 2 is 2.26 bits per heavy atom. The number of aromatic nitrogens is 3. The van der Waals surface area contributed by atoms with Gasteiger partial charge in [0, 0.05) is 26.6 Å². The summed E-state index contributed by atoms with van der Waals surface area (Å²) in [5.41, 5.74) is 0.